The van der Waals surface area contributed by atoms with Gasteiger partial charge in [0.15, 0.2) is 0 Å². The Bertz CT molecular complexity index is 636. The maximum absolute atomic E-state index is 11.7. The van der Waals surface area contributed by atoms with Crippen LogP contribution in [0.15, 0.2) is 23.0 Å². The van der Waals surface area contributed by atoms with Gasteiger partial charge in [0.25, 0.3) is 0 Å². The molecule has 17 heavy (non-hydrogen) atoms. The number of fused-ring (bicyclic) bond motifs is 1. The number of ketones is 2. The predicted molar refractivity (Wildman–Crippen MR) is 63.2 cm³/mol. The molecule has 0 fully saturated rings. The molecule has 1 aromatic heterocycles. The van der Waals surface area contributed by atoms with Crippen molar-refractivity contribution in [2.45, 2.75) is 19.8 Å². The van der Waals surface area contributed by atoms with Crippen molar-refractivity contribution in [2.24, 2.45) is 0 Å². The minimum absolute atomic E-state index is 0.251. The zero-order chi connectivity index (χ0) is 12.4. The van der Waals surface area contributed by atoms with Gasteiger partial charge in [-0.3, -0.25) is 9.59 Å². The molecule has 0 spiro atoms. The molecule has 5 nitrogen and oxygen atoms in total. The van der Waals surface area contributed by atoms with E-state index < -0.39 is 11.6 Å². The average Bonchev–Trinajstić information content (AvgIpc) is 2.67. The van der Waals surface area contributed by atoms with Gasteiger partial charge in [-0.25, -0.2) is 4.79 Å². The van der Waals surface area contributed by atoms with Gasteiger partial charge >= 0.3 is 5.69 Å². The van der Waals surface area contributed by atoms with Crippen LogP contribution in [0.1, 0.15) is 30.1 Å². The number of benzene rings is 1. The molecule has 1 heterocycles. The van der Waals surface area contributed by atoms with E-state index in [0.717, 1.165) is 0 Å². The van der Waals surface area contributed by atoms with E-state index in [9.17, 15) is 14.4 Å². The van der Waals surface area contributed by atoms with Gasteiger partial charge in [-0.2, -0.15) is 0 Å². The van der Waals surface area contributed by atoms with Crippen LogP contribution in [0.2, 0.25) is 0 Å². The molecule has 88 valence electrons. The van der Waals surface area contributed by atoms with Crippen molar-refractivity contribution in [2.75, 3.05) is 0 Å². The lowest BCUT2D eigenvalue weighted by Gasteiger charge is -1.99. The number of aromatic amines is 2. The lowest BCUT2D eigenvalue weighted by molar-refractivity contribution is -0.115. The molecule has 5 heteroatoms. The molecule has 2 N–H and O–H groups in total. The molecule has 0 saturated heterocycles. The van der Waals surface area contributed by atoms with E-state index >= 15 is 0 Å². The van der Waals surface area contributed by atoms with Crippen LogP contribution in [0.3, 0.4) is 0 Å². The molecule has 0 aliphatic carbocycles. The molecule has 0 bridgehead atoms. The van der Waals surface area contributed by atoms with Crippen molar-refractivity contribution in [3.63, 3.8) is 0 Å². The summed E-state index contributed by atoms with van der Waals surface area (Å²) >= 11 is 0. The van der Waals surface area contributed by atoms with Crippen LogP contribution in [0.5, 0.6) is 0 Å². The first-order valence-corrected chi connectivity index (χ1v) is 5.41. The quantitative estimate of drug-likeness (QED) is 0.617. The Hall–Kier alpha value is -2.17. The molecule has 0 atom stereocenters. The highest BCUT2D eigenvalue weighted by molar-refractivity contribution is 6.43. The molecule has 0 amide bonds. The van der Waals surface area contributed by atoms with Crippen LogP contribution in [-0.2, 0) is 4.79 Å². The Labute approximate surface area is 96.9 Å². The molecular weight excluding hydrogens is 220 g/mol. The topological polar surface area (TPSA) is 82.8 Å². The van der Waals surface area contributed by atoms with Gasteiger partial charge in [0, 0.05) is 12.0 Å². The van der Waals surface area contributed by atoms with Crippen molar-refractivity contribution in [1.29, 1.82) is 0 Å². The van der Waals surface area contributed by atoms with E-state index in [2.05, 4.69) is 9.97 Å². The van der Waals surface area contributed by atoms with Gasteiger partial charge in [-0.15, -0.1) is 0 Å². The summed E-state index contributed by atoms with van der Waals surface area (Å²) in [7, 11) is 0. The van der Waals surface area contributed by atoms with Crippen LogP contribution in [0.4, 0.5) is 0 Å². The molecule has 0 radical (unpaired) electrons. The van der Waals surface area contributed by atoms with Crippen molar-refractivity contribution < 1.29 is 9.59 Å². The number of hydrogen-bond acceptors (Lipinski definition) is 3. The molecule has 0 aliphatic heterocycles. The molecular formula is C12H12N2O3. The first kappa shape index (κ1) is 11.3. The van der Waals surface area contributed by atoms with Gasteiger partial charge < -0.3 is 9.97 Å². The standard InChI is InChI=1S/C12H12N2O3/c1-2-3-10(15)11(16)7-4-5-8-9(6-7)14-12(17)13-8/h4-6H,2-3H2,1H3,(H2,13,14,17). The fraction of sp³-hybridized carbons (Fsp3) is 0.250. The van der Waals surface area contributed by atoms with E-state index in [1.807, 2.05) is 6.92 Å². The third-order valence-corrected chi connectivity index (χ3v) is 2.51. The Morgan fingerprint density at radius 2 is 1.88 bits per heavy atom. The Morgan fingerprint density at radius 3 is 2.59 bits per heavy atom. The minimum Gasteiger partial charge on any atom is -0.306 e. The fourth-order valence-electron chi connectivity index (χ4n) is 1.68. The largest absolute Gasteiger partial charge is 0.323 e. The van der Waals surface area contributed by atoms with Crippen LogP contribution >= 0.6 is 0 Å². The summed E-state index contributed by atoms with van der Waals surface area (Å²) in [5.74, 6) is -0.902. The summed E-state index contributed by atoms with van der Waals surface area (Å²) in [6.45, 7) is 1.85. The Balaban J connectivity index is 2.39. The van der Waals surface area contributed by atoms with Crippen LogP contribution in [0, 0.1) is 0 Å². The highest BCUT2D eigenvalue weighted by Crippen LogP contribution is 2.11. The molecule has 0 saturated carbocycles. The number of hydrogen-bond donors (Lipinski definition) is 2. The number of imidazole rings is 1. The Kier molecular flexibility index (Phi) is 2.91. The third-order valence-electron chi connectivity index (χ3n) is 2.51. The smallest absolute Gasteiger partial charge is 0.306 e. The van der Waals surface area contributed by atoms with Crippen LogP contribution < -0.4 is 5.69 Å². The second-order valence-electron chi connectivity index (χ2n) is 3.84. The molecule has 2 rings (SSSR count). The highest BCUT2D eigenvalue weighted by Gasteiger charge is 2.15. The maximum Gasteiger partial charge on any atom is 0.323 e. The normalized spacial score (nSPS) is 10.6. The Morgan fingerprint density at radius 1 is 1.18 bits per heavy atom. The second-order valence-corrected chi connectivity index (χ2v) is 3.84. The van der Waals surface area contributed by atoms with E-state index in [4.69, 9.17) is 0 Å². The molecule has 2 aromatic rings. The summed E-state index contributed by atoms with van der Waals surface area (Å²) in [5, 5.41) is 0. The fourth-order valence-corrected chi connectivity index (χ4v) is 1.68. The van der Waals surface area contributed by atoms with E-state index in [1.54, 1.807) is 12.1 Å². The van der Waals surface area contributed by atoms with E-state index in [0.29, 0.717) is 23.0 Å². The maximum atomic E-state index is 11.7. The number of carbonyl (C=O) groups excluding carboxylic acids is 2. The zero-order valence-corrected chi connectivity index (χ0v) is 9.37. The summed E-state index contributed by atoms with van der Waals surface area (Å²) in [6, 6.07) is 4.67. The van der Waals surface area contributed by atoms with Gasteiger partial charge in [-0.05, 0) is 24.6 Å². The zero-order valence-electron chi connectivity index (χ0n) is 9.37. The van der Waals surface area contributed by atoms with Crippen molar-refractivity contribution in [1.82, 2.24) is 9.97 Å². The second kappa shape index (κ2) is 4.37. The number of aromatic nitrogens is 2. The number of H-pyrrole nitrogens is 2. The summed E-state index contributed by atoms with van der Waals surface area (Å²) in [5.41, 5.74) is 1.13. The molecule has 0 unspecified atom stereocenters. The molecule has 1 aromatic carbocycles. The van der Waals surface area contributed by atoms with Crippen LogP contribution in [0.25, 0.3) is 11.0 Å². The average molecular weight is 232 g/mol. The van der Waals surface area contributed by atoms with Gasteiger partial charge in [0.1, 0.15) is 0 Å². The lowest BCUT2D eigenvalue weighted by Crippen LogP contribution is -2.13. The van der Waals surface area contributed by atoms with Crippen molar-refractivity contribution >= 4 is 22.6 Å². The van der Waals surface area contributed by atoms with E-state index in [1.165, 1.54) is 6.07 Å². The SMILES string of the molecule is CCCC(=O)C(=O)c1ccc2[nH]c(=O)[nH]c2c1. The lowest BCUT2D eigenvalue weighted by atomic mass is 10.0. The number of carbonyl (C=O) groups is 2. The van der Waals surface area contributed by atoms with Crippen molar-refractivity contribution in [3.8, 4) is 0 Å². The summed E-state index contributed by atoms with van der Waals surface area (Å²) in [6.07, 6.45) is 0.897. The van der Waals surface area contributed by atoms with Gasteiger partial charge in [-0.1, -0.05) is 6.92 Å². The van der Waals surface area contributed by atoms with E-state index in [-0.39, 0.29) is 12.1 Å². The summed E-state index contributed by atoms with van der Waals surface area (Å²) in [4.78, 5) is 39.4. The monoisotopic (exact) mass is 232 g/mol. The number of Topliss-reactive ketones (excluding diaryl/α,β-unsaturated/α-hetero) is 2. The minimum atomic E-state index is -0.504. The first-order valence-electron chi connectivity index (χ1n) is 5.41. The number of nitrogens with one attached hydrogen (secondary N) is 2. The van der Waals surface area contributed by atoms with Crippen LogP contribution in [-0.4, -0.2) is 21.5 Å². The molecule has 0 aliphatic rings. The number of rotatable bonds is 4. The predicted octanol–water partition coefficient (Wildman–Crippen LogP) is 1.41. The van der Waals surface area contributed by atoms with Gasteiger partial charge in [0.2, 0.25) is 11.6 Å². The van der Waals surface area contributed by atoms with Gasteiger partial charge in [0.05, 0.1) is 11.0 Å². The first-order chi connectivity index (χ1) is 8.11. The third kappa shape index (κ3) is 2.18. The summed E-state index contributed by atoms with van der Waals surface area (Å²) < 4.78 is 0. The van der Waals surface area contributed by atoms with Crippen molar-refractivity contribution in [3.05, 3.63) is 34.2 Å². The highest BCUT2D eigenvalue weighted by atomic mass is 16.2.